The molecular formula is C17H21N3O3S. The number of H-pyrrole nitrogens is 1. The summed E-state index contributed by atoms with van der Waals surface area (Å²) in [5.41, 5.74) is 3.46. The molecule has 2 atom stereocenters. The molecule has 2 aromatic rings. The van der Waals surface area contributed by atoms with Crippen molar-refractivity contribution in [3.8, 4) is 0 Å². The van der Waals surface area contributed by atoms with Gasteiger partial charge >= 0.3 is 6.03 Å². The number of benzene rings is 1. The second kappa shape index (κ2) is 5.51. The summed E-state index contributed by atoms with van der Waals surface area (Å²) < 4.78 is 23.1. The van der Waals surface area contributed by atoms with Crippen LogP contribution in [-0.4, -0.2) is 48.4 Å². The van der Waals surface area contributed by atoms with E-state index in [-0.39, 0.29) is 29.6 Å². The number of rotatable bonds is 1. The molecule has 0 radical (unpaired) electrons. The van der Waals surface area contributed by atoms with Crippen LogP contribution in [0.25, 0.3) is 10.9 Å². The number of nitrogens with zero attached hydrogens (tertiary/aromatic N) is 1. The van der Waals surface area contributed by atoms with Gasteiger partial charge in [-0.05, 0) is 31.4 Å². The molecule has 0 spiro atoms. The number of amides is 2. The summed E-state index contributed by atoms with van der Waals surface area (Å²) in [6, 6.07) is 7.69. The van der Waals surface area contributed by atoms with E-state index >= 15 is 0 Å². The molecule has 1 aromatic carbocycles. The summed E-state index contributed by atoms with van der Waals surface area (Å²) in [6.07, 6.45) is 1.31. The molecule has 6 nitrogen and oxygen atoms in total. The summed E-state index contributed by atoms with van der Waals surface area (Å²) in [5.74, 6) is 0.221. The fourth-order valence-electron chi connectivity index (χ4n) is 3.87. The van der Waals surface area contributed by atoms with Gasteiger partial charge in [0.1, 0.15) is 0 Å². The van der Waals surface area contributed by atoms with Crippen molar-refractivity contribution >= 4 is 26.8 Å². The highest BCUT2D eigenvalue weighted by Crippen LogP contribution is 2.34. The minimum atomic E-state index is -2.99. The lowest BCUT2D eigenvalue weighted by Gasteiger charge is -2.34. The van der Waals surface area contributed by atoms with Gasteiger partial charge < -0.3 is 15.2 Å². The summed E-state index contributed by atoms with van der Waals surface area (Å²) in [7, 11) is -2.99. The lowest BCUT2D eigenvalue weighted by atomic mass is 9.98. The maximum absolute atomic E-state index is 12.6. The first-order chi connectivity index (χ1) is 11.4. The molecule has 2 aliphatic heterocycles. The van der Waals surface area contributed by atoms with E-state index in [1.807, 2.05) is 25.1 Å². The minimum Gasteiger partial charge on any atom is -0.356 e. The third-order valence-electron chi connectivity index (χ3n) is 5.16. The normalized spacial score (nSPS) is 25.6. The number of nitrogens with one attached hydrogen (secondary N) is 2. The molecule has 1 aromatic heterocycles. The summed E-state index contributed by atoms with van der Waals surface area (Å²) in [6.45, 7) is 2.65. The van der Waals surface area contributed by atoms with E-state index < -0.39 is 9.84 Å². The fraction of sp³-hybridized carbons (Fsp3) is 0.471. The number of carbonyl (C=O) groups is 1. The van der Waals surface area contributed by atoms with Crippen LogP contribution in [-0.2, 0) is 16.3 Å². The summed E-state index contributed by atoms with van der Waals surface area (Å²) in [5, 5.41) is 4.12. The maximum Gasteiger partial charge on any atom is 0.318 e. The quantitative estimate of drug-likeness (QED) is 0.827. The molecule has 1 saturated heterocycles. The molecule has 24 heavy (non-hydrogen) atoms. The maximum atomic E-state index is 12.6. The molecule has 0 bridgehead atoms. The molecule has 1 fully saturated rings. The van der Waals surface area contributed by atoms with E-state index in [0.717, 1.165) is 17.6 Å². The topological polar surface area (TPSA) is 82.3 Å². The van der Waals surface area contributed by atoms with Crippen LogP contribution in [0.2, 0.25) is 0 Å². The van der Waals surface area contributed by atoms with Gasteiger partial charge in [-0.15, -0.1) is 0 Å². The van der Waals surface area contributed by atoms with Crippen molar-refractivity contribution in [1.29, 1.82) is 0 Å². The molecular weight excluding hydrogens is 326 g/mol. The largest absolute Gasteiger partial charge is 0.356 e. The molecule has 2 aliphatic rings. The van der Waals surface area contributed by atoms with Crippen LogP contribution in [0.1, 0.15) is 30.6 Å². The molecule has 0 saturated carbocycles. The first kappa shape index (κ1) is 15.5. The van der Waals surface area contributed by atoms with Crippen molar-refractivity contribution in [3.63, 3.8) is 0 Å². The van der Waals surface area contributed by atoms with Crippen LogP contribution in [0.5, 0.6) is 0 Å². The zero-order chi connectivity index (χ0) is 16.9. The van der Waals surface area contributed by atoms with E-state index in [0.29, 0.717) is 13.0 Å². The smallest absolute Gasteiger partial charge is 0.318 e. The van der Waals surface area contributed by atoms with Gasteiger partial charge in [0.15, 0.2) is 9.84 Å². The zero-order valence-electron chi connectivity index (χ0n) is 13.6. The summed E-state index contributed by atoms with van der Waals surface area (Å²) in [4.78, 5) is 17.8. The first-order valence-electron chi connectivity index (χ1n) is 8.31. The second-order valence-electron chi connectivity index (χ2n) is 6.73. The number of urea groups is 1. The highest BCUT2D eigenvalue weighted by molar-refractivity contribution is 7.91. The Morgan fingerprint density at radius 1 is 1.33 bits per heavy atom. The Balaban J connectivity index is 1.54. The van der Waals surface area contributed by atoms with Crippen molar-refractivity contribution < 1.29 is 13.2 Å². The molecule has 7 heteroatoms. The van der Waals surface area contributed by atoms with Crippen LogP contribution in [0, 0.1) is 0 Å². The molecule has 2 amide bonds. The van der Waals surface area contributed by atoms with Gasteiger partial charge in [-0.1, -0.05) is 18.2 Å². The molecule has 0 aliphatic carbocycles. The van der Waals surface area contributed by atoms with Gasteiger partial charge in [-0.2, -0.15) is 0 Å². The monoisotopic (exact) mass is 347 g/mol. The van der Waals surface area contributed by atoms with E-state index in [2.05, 4.69) is 16.4 Å². The SMILES string of the molecule is C[C@H]1c2[nH]c3ccccc3c2CCN1C(=O)N[C@@H]1CCS(=O)(=O)C1. The number of aromatic nitrogens is 1. The van der Waals surface area contributed by atoms with Gasteiger partial charge in [0.25, 0.3) is 0 Å². The second-order valence-corrected chi connectivity index (χ2v) is 8.96. The predicted molar refractivity (Wildman–Crippen MR) is 92.7 cm³/mol. The Hall–Kier alpha value is -2.02. The molecule has 2 N–H and O–H groups in total. The van der Waals surface area contributed by atoms with Crippen LogP contribution in [0.4, 0.5) is 4.79 Å². The van der Waals surface area contributed by atoms with E-state index in [4.69, 9.17) is 0 Å². The van der Waals surface area contributed by atoms with Gasteiger partial charge in [0, 0.05) is 29.2 Å². The molecule has 3 heterocycles. The van der Waals surface area contributed by atoms with Crippen LogP contribution >= 0.6 is 0 Å². The van der Waals surface area contributed by atoms with Gasteiger partial charge in [-0.3, -0.25) is 0 Å². The van der Waals surface area contributed by atoms with Crippen LogP contribution < -0.4 is 5.32 Å². The zero-order valence-corrected chi connectivity index (χ0v) is 14.4. The van der Waals surface area contributed by atoms with Crippen LogP contribution in [0.3, 0.4) is 0 Å². The van der Waals surface area contributed by atoms with Gasteiger partial charge in [0.2, 0.25) is 0 Å². The Kier molecular flexibility index (Phi) is 3.56. The van der Waals surface area contributed by atoms with Crippen molar-refractivity contribution in [2.45, 2.75) is 31.8 Å². The third kappa shape index (κ3) is 2.56. The standard InChI is InChI=1S/C17H21N3O3S/c1-11-16-14(13-4-2-3-5-15(13)19-16)6-8-20(11)17(21)18-12-7-9-24(22,23)10-12/h2-5,11-12,19H,6-10H2,1H3,(H,18,21)/t11-,12+/m0/s1. The van der Waals surface area contributed by atoms with Gasteiger partial charge in [-0.25, -0.2) is 13.2 Å². The van der Waals surface area contributed by atoms with Crippen molar-refractivity contribution in [2.75, 3.05) is 18.1 Å². The number of hydrogen-bond donors (Lipinski definition) is 2. The number of para-hydroxylation sites is 1. The lowest BCUT2D eigenvalue weighted by molar-refractivity contribution is 0.171. The molecule has 0 unspecified atom stereocenters. The van der Waals surface area contributed by atoms with Gasteiger partial charge in [0.05, 0.1) is 17.5 Å². The highest BCUT2D eigenvalue weighted by atomic mass is 32.2. The Labute approximate surface area is 141 Å². The van der Waals surface area contributed by atoms with Crippen LogP contribution in [0.15, 0.2) is 24.3 Å². The fourth-order valence-corrected chi connectivity index (χ4v) is 5.55. The number of hydrogen-bond acceptors (Lipinski definition) is 3. The Bertz CT molecular complexity index is 903. The number of fused-ring (bicyclic) bond motifs is 3. The summed E-state index contributed by atoms with van der Waals surface area (Å²) >= 11 is 0. The number of sulfone groups is 1. The van der Waals surface area contributed by atoms with E-state index in [9.17, 15) is 13.2 Å². The number of carbonyl (C=O) groups excluding carboxylic acids is 1. The van der Waals surface area contributed by atoms with E-state index in [1.165, 1.54) is 10.9 Å². The average Bonchev–Trinajstić information content (AvgIpc) is 3.08. The first-order valence-corrected chi connectivity index (χ1v) is 10.1. The third-order valence-corrected chi connectivity index (χ3v) is 6.92. The Morgan fingerprint density at radius 3 is 2.88 bits per heavy atom. The van der Waals surface area contributed by atoms with Crippen molar-refractivity contribution in [1.82, 2.24) is 15.2 Å². The predicted octanol–water partition coefficient (Wildman–Crippen LogP) is 1.98. The Morgan fingerprint density at radius 2 is 2.12 bits per heavy atom. The van der Waals surface area contributed by atoms with Crippen molar-refractivity contribution in [3.05, 3.63) is 35.5 Å². The molecule has 4 rings (SSSR count). The minimum absolute atomic E-state index is 0.0542. The van der Waals surface area contributed by atoms with Crippen molar-refractivity contribution in [2.24, 2.45) is 0 Å². The number of aromatic amines is 1. The lowest BCUT2D eigenvalue weighted by Crippen LogP contribution is -2.48. The highest BCUT2D eigenvalue weighted by Gasteiger charge is 2.34. The molecule has 128 valence electrons. The van der Waals surface area contributed by atoms with E-state index in [1.54, 1.807) is 4.90 Å². The average molecular weight is 347 g/mol.